The van der Waals surface area contributed by atoms with Gasteiger partial charge in [-0.25, -0.2) is 8.42 Å². The zero-order valence-corrected chi connectivity index (χ0v) is 18.8. The van der Waals surface area contributed by atoms with Crippen LogP contribution in [0.15, 0.2) is 53.4 Å². The van der Waals surface area contributed by atoms with Crippen LogP contribution in [-0.2, 0) is 10.0 Å². The van der Waals surface area contributed by atoms with Crippen LogP contribution in [0.2, 0.25) is 0 Å². The van der Waals surface area contributed by atoms with Gasteiger partial charge in [0.05, 0.1) is 22.8 Å². The van der Waals surface area contributed by atoms with E-state index < -0.39 is 10.0 Å². The first-order valence-electron chi connectivity index (χ1n) is 11.0. The molecular formula is C24H30N2O4S. The Bertz CT molecular complexity index is 1040. The number of fused-ring (bicyclic) bond motifs is 2. The van der Waals surface area contributed by atoms with Crippen LogP contribution >= 0.6 is 0 Å². The third-order valence-corrected chi connectivity index (χ3v) is 8.04. The maximum absolute atomic E-state index is 13.0. The standard InChI is InChI=1S/C24H30N2O4S/c1-3-30-19-10-12-20(13-11-19)31(28,29)26-23-7-5-4-6-21(23)24(27)25-16(2)22-15-17-8-9-18(22)14-17/h4-7,10-13,16-18,22,26H,3,8-9,14-15H2,1-2H3,(H,25,27)/t16-,17-,18-,22-/m0/s1. The SMILES string of the molecule is CCOc1ccc(S(=O)(=O)Nc2ccccc2C(=O)N[C@@H](C)[C@@H]2C[C@H]3CC[C@H]2C3)cc1. The Kier molecular flexibility index (Phi) is 6.23. The lowest BCUT2D eigenvalue weighted by atomic mass is 9.84. The van der Waals surface area contributed by atoms with Gasteiger partial charge in [0.25, 0.3) is 15.9 Å². The molecule has 1 amide bonds. The van der Waals surface area contributed by atoms with Crippen molar-refractivity contribution in [3.05, 3.63) is 54.1 Å². The lowest BCUT2D eigenvalue weighted by Gasteiger charge is -2.28. The number of hydrogen-bond acceptors (Lipinski definition) is 4. The van der Waals surface area contributed by atoms with Gasteiger partial charge >= 0.3 is 0 Å². The molecule has 2 fully saturated rings. The van der Waals surface area contributed by atoms with Crippen LogP contribution in [0.5, 0.6) is 5.75 Å². The molecule has 0 heterocycles. The summed E-state index contributed by atoms with van der Waals surface area (Å²) in [5, 5.41) is 3.12. The zero-order chi connectivity index (χ0) is 22.0. The van der Waals surface area contributed by atoms with Crippen molar-refractivity contribution in [1.82, 2.24) is 5.32 Å². The predicted molar refractivity (Wildman–Crippen MR) is 121 cm³/mol. The molecule has 4 atom stereocenters. The van der Waals surface area contributed by atoms with Gasteiger partial charge in [0.2, 0.25) is 0 Å². The van der Waals surface area contributed by atoms with Gasteiger partial charge in [-0.15, -0.1) is 0 Å². The first kappa shape index (κ1) is 21.7. The quantitative estimate of drug-likeness (QED) is 0.633. The molecule has 2 aromatic carbocycles. The summed E-state index contributed by atoms with van der Waals surface area (Å²) >= 11 is 0. The van der Waals surface area contributed by atoms with E-state index in [1.165, 1.54) is 37.8 Å². The Morgan fingerprint density at radius 1 is 1.10 bits per heavy atom. The summed E-state index contributed by atoms with van der Waals surface area (Å²) in [7, 11) is -3.84. The topological polar surface area (TPSA) is 84.5 Å². The highest BCUT2D eigenvalue weighted by Crippen LogP contribution is 2.49. The normalized spacial score (nSPS) is 23.4. The molecule has 2 aliphatic carbocycles. The van der Waals surface area contributed by atoms with Crippen molar-refractivity contribution in [3.63, 3.8) is 0 Å². The number of anilines is 1. The molecule has 166 valence electrons. The third kappa shape index (κ3) is 4.71. The third-order valence-electron chi connectivity index (χ3n) is 6.65. The number of benzene rings is 2. The molecule has 4 rings (SSSR count). The van der Waals surface area contributed by atoms with E-state index in [0.29, 0.717) is 29.8 Å². The van der Waals surface area contributed by atoms with Crippen LogP contribution in [0.3, 0.4) is 0 Å². The number of nitrogens with one attached hydrogen (secondary N) is 2. The highest BCUT2D eigenvalue weighted by atomic mass is 32.2. The number of para-hydroxylation sites is 1. The maximum atomic E-state index is 13.0. The monoisotopic (exact) mass is 442 g/mol. The molecule has 0 unspecified atom stereocenters. The zero-order valence-electron chi connectivity index (χ0n) is 18.0. The minimum absolute atomic E-state index is 0.0681. The second-order valence-corrected chi connectivity index (χ2v) is 10.3. The lowest BCUT2D eigenvalue weighted by Crippen LogP contribution is -2.40. The number of amides is 1. The number of hydrogen-bond donors (Lipinski definition) is 2. The smallest absolute Gasteiger partial charge is 0.261 e. The van der Waals surface area contributed by atoms with Gasteiger partial charge < -0.3 is 10.1 Å². The Hall–Kier alpha value is -2.54. The highest BCUT2D eigenvalue weighted by molar-refractivity contribution is 7.92. The van der Waals surface area contributed by atoms with Gasteiger partial charge in [-0.3, -0.25) is 9.52 Å². The Balaban J connectivity index is 1.48. The minimum atomic E-state index is -3.84. The largest absolute Gasteiger partial charge is 0.494 e. The summed E-state index contributed by atoms with van der Waals surface area (Å²) in [5.74, 6) is 2.38. The molecule has 2 aromatic rings. The summed E-state index contributed by atoms with van der Waals surface area (Å²) in [6.07, 6.45) is 5.04. The van der Waals surface area contributed by atoms with Crippen molar-refractivity contribution in [2.24, 2.45) is 17.8 Å². The molecule has 0 spiro atoms. The van der Waals surface area contributed by atoms with E-state index in [-0.39, 0.29) is 22.5 Å². The van der Waals surface area contributed by atoms with Gasteiger partial charge in [0.1, 0.15) is 5.75 Å². The molecular weight excluding hydrogens is 412 g/mol. The van der Waals surface area contributed by atoms with Crippen LogP contribution < -0.4 is 14.8 Å². The van der Waals surface area contributed by atoms with Crippen molar-refractivity contribution in [2.75, 3.05) is 11.3 Å². The summed E-state index contributed by atoms with van der Waals surface area (Å²) < 4.78 is 33.7. The van der Waals surface area contributed by atoms with Crippen LogP contribution in [-0.4, -0.2) is 27.0 Å². The number of carbonyl (C=O) groups is 1. The number of sulfonamides is 1. The lowest BCUT2D eigenvalue weighted by molar-refractivity contribution is 0.0916. The average Bonchev–Trinajstić information content (AvgIpc) is 3.38. The van der Waals surface area contributed by atoms with E-state index in [0.717, 1.165) is 5.92 Å². The van der Waals surface area contributed by atoms with Crippen LogP contribution in [0, 0.1) is 17.8 Å². The number of carbonyl (C=O) groups excluding carboxylic acids is 1. The summed E-state index contributed by atoms with van der Waals surface area (Å²) in [6, 6.07) is 13.0. The van der Waals surface area contributed by atoms with Crippen molar-refractivity contribution in [3.8, 4) is 5.75 Å². The van der Waals surface area contributed by atoms with Crippen LogP contribution in [0.25, 0.3) is 0 Å². The fraction of sp³-hybridized carbons (Fsp3) is 0.458. The van der Waals surface area contributed by atoms with Gasteiger partial charge in [-0.05, 0) is 87.3 Å². The molecule has 0 aliphatic heterocycles. The first-order valence-corrected chi connectivity index (χ1v) is 12.5. The van der Waals surface area contributed by atoms with E-state index in [4.69, 9.17) is 4.74 Å². The first-order chi connectivity index (χ1) is 14.9. The van der Waals surface area contributed by atoms with Gasteiger partial charge in [-0.2, -0.15) is 0 Å². The van der Waals surface area contributed by atoms with Crippen molar-refractivity contribution in [2.45, 2.75) is 50.5 Å². The summed E-state index contributed by atoms with van der Waals surface area (Å²) in [5.41, 5.74) is 0.598. The van der Waals surface area contributed by atoms with E-state index in [9.17, 15) is 13.2 Å². The fourth-order valence-electron chi connectivity index (χ4n) is 5.15. The molecule has 6 nitrogen and oxygen atoms in total. The Morgan fingerprint density at radius 3 is 2.48 bits per heavy atom. The molecule has 0 radical (unpaired) electrons. The molecule has 0 aromatic heterocycles. The molecule has 2 aliphatic rings. The van der Waals surface area contributed by atoms with Crippen molar-refractivity contribution >= 4 is 21.6 Å². The molecule has 2 bridgehead atoms. The van der Waals surface area contributed by atoms with Crippen LogP contribution in [0.1, 0.15) is 49.9 Å². The average molecular weight is 443 g/mol. The van der Waals surface area contributed by atoms with Crippen molar-refractivity contribution in [1.29, 1.82) is 0 Å². The Morgan fingerprint density at radius 2 is 1.84 bits per heavy atom. The Labute approximate surface area is 184 Å². The van der Waals surface area contributed by atoms with Crippen LogP contribution in [0.4, 0.5) is 5.69 Å². The second kappa shape index (κ2) is 8.91. The molecule has 2 saturated carbocycles. The molecule has 0 saturated heterocycles. The van der Waals surface area contributed by atoms with Crippen molar-refractivity contribution < 1.29 is 17.9 Å². The van der Waals surface area contributed by atoms with Gasteiger partial charge in [0.15, 0.2) is 0 Å². The molecule has 31 heavy (non-hydrogen) atoms. The van der Waals surface area contributed by atoms with E-state index in [2.05, 4.69) is 17.0 Å². The fourth-order valence-corrected chi connectivity index (χ4v) is 6.23. The summed E-state index contributed by atoms with van der Waals surface area (Å²) in [6.45, 7) is 4.44. The van der Waals surface area contributed by atoms with E-state index in [1.54, 1.807) is 36.4 Å². The second-order valence-electron chi connectivity index (χ2n) is 8.66. The minimum Gasteiger partial charge on any atom is -0.494 e. The van der Waals surface area contributed by atoms with Gasteiger partial charge in [-0.1, -0.05) is 18.6 Å². The van der Waals surface area contributed by atoms with E-state index >= 15 is 0 Å². The predicted octanol–water partition coefficient (Wildman–Crippen LogP) is 4.44. The molecule has 2 N–H and O–H groups in total. The van der Waals surface area contributed by atoms with Gasteiger partial charge in [0, 0.05) is 6.04 Å². The maximum Gasteiger partial charge on any atom is 0.261 e. The summed E-state index contributed by atoms with van der Waals surface area (Å²) in [4.78, 5) is 13.1. The number of ether oxygens (including phenoxy) is 1. The molecule has 7 heteroatoms. The number of rotatable bonds is 8. The highest BCUT2D eigenvalue weighted by Gasteiger charge is 2.42. The van der Waals surface area contributed by atoms with E-state index in [1.807, 2.05) is 6.92 Å².